The van der Waals surface area contributed by atoms with Gasteiger partial charge in [0.25, 0.3) is 5.91 Å². The molecule has 8 heteroatoms. The molecular weight excluding hydrogens is 310 g/mol. The van der Waals surface area contributed by atoms with Crippen molar-refractivity contribution in [2.45, 2.75) is 6.42 Å². The van der Waals surface area contributed by atoms with Gasteiger partial charge in [0.2, 0.25) is 5.91 Å². The number of para-hydroxylation sites is 1. The molecule has 2 amide bonds. The molecule has 4 N–H and O–H groups in total. The molecule has 0 bridgehead atoms. The summed E-state index contributed by atoms with van der Waals surface area (Å²) in [5.41, 5.74) is 1.15. The highest BCUT2D eigenvalue weighted by Gasteiger charge is 2.13. The monoisotopic (exact) mass is 333 g/mol. The smallest absolute Gasteiger partial charge is 0.272 e. The fourth-order valence-electron chi connectivity index (χ4n) is 2.19. The van der Waals surface area contributed by atoms with E-state index in [0.29, 0.717) is 25.4 Å². The molecule has 1 heterocycles. The first kappa shape index (κ1) is 17.9. The number of ether oxygens (including phenoxy) is 1. The number of nitrogens with one attached hydrogen (secondary N) is 4. The van der Waals surface area contributed by atoms with E-state index in [-0.39, 0.29) is 24.8 Å². The topological polar surface area (TPSA) is 108 Å². The van der Waals surface area contributed by atoms with E-state index in [1.807, 2.05) is 24.3 Å². The van der Waals surface area contributed by atoms with Gasteiger partial charge in [0.1, 0.15) is 0 Å². The highest BCUT2D eigenvalue weighted by atomic mass is 16.5. The van der Waals surface area contributed by atoms with Crippen LogP contribution >= 0.6 is 0 Å². The van der Waals surface area contributed by atoms with E-state index >= 15 is 0 Å². The molecule has 0 aliphatic carbocycles. The molecule has 8 nitrogen and oxygen atoms in total. The maximum atomic E-state index is 12.1. The third kappa shape index (κ3) is 5.32. The fraction of sp³-hybridized carbons (Fsp3) is 0.438. The van der Waals surface area contributed by atoms with Crippen molar-refractivity contribution in [3.05, 3.63) is 30.0 Å². The quantitative estimate of drug-likeness (QED) is 0.459. The van der Waals surface area contributed by atoms with E-state index in [4.69, 9.17) is 4.74 Å². The number of carbonyl (C=O) groups is 2. The van der Waals surface area contributed by atoms with Crippen LogP contribution < -0.4 is 16.0 Å². The number of aromatic amines is 1. The van der Waals surface area contributed by atoms with Crippen molar-refractivity contribution in [2.24, 2.45) is 0 Å². The predicted molar refractivity (Wildman–Crippen MR) is 90.8 cm³/mol. The van der Waals surface area contributed by atoms with Gasteiger partial charge in [-0.1, -0.05) is 18.2 Å². The number of nitrogens with zero attached hydrogens (tertiary/aromatic N) is 1. The fourth-order valence-corrected chi connectivity index (χ4v) is 2.19. The van der Waals surface area contributed by atoms with Gasteiger partial charge < -0.3 is 20.7 Å². The molecule has 0 unspecified atom stereocenters. The molecule has 0 fully saturated rings. The number of rotatable bonds is 10. The van der Waals surface area contributed by atoms with Crippen LogP contribution in [0.15, 0.2) is 24.3 Å². The lowest BCUT2D eigenvalue weighted by molar-refractivity contribution is -0.120. The van der Waals surface area contributed by atoms with Gasteiger partial charge in [0, 0.05) is 45.1 Å². The van der Waals surface area contributed by atoms with Gasteiger partial charge in [-0.15, -0.1) is 0 Å². The molecule has 2 aromatic rings. The van der Waals surface area contributed by atoms with Gasteiger partial charge in [0.05, 0.1) is 12.1 Å². The van der Waals surface area contributed by atoms with Crippen LogP contribution in [-0.4, -0.2) is 61.9 Å². The largest absolute Gasteiger partial charge is 0.383 e. The van der Waals surface area contributed by atoms with Crippen LogP contribution in [0, 0.1) is 0 Å². The van der Waals surface area contributed by atoms with Crippen LogP contribution in [-0.2, 0) is 9.53 Å². The zero-order chi connectivity index (χ0) is 17.2. The number of carbonyl (C=O) groups excluding carboxylic acids is 2. The zero-order valence-corrected chi connectivity index (χ0v) is 13.7. The molecule has 0 spiro atoms. The second kappa shape index (κ2) is 9.64. The Morgan fingerprint density at radius 1 is 1.12 bits per heavy atom. The van der Waals surface area contributed by atoms with E-state index < -0.39 is 0 Å². The number of benzene rings is 1. The summed E-state index contributed by atoms with van der Waals surface area (Å²) >= 11 is 0. The molecule has 2 rings (SSSR count). The average Bonchev–Trinajstić information content (AvgIpc) is 3.02. The summed E-state index contributed by atoms with van der Waals surface area (Å²) in [6.07, 6.45) is 0.228. The summed E-state index contributed by atoms with van der Waals surface area (Å²) in [4.78, 5) is 23.8. The highest BCUT2D eigenvalue weighted by Crippen LogP contribution is 2.14. The molecule has 24 heavy (non-hydrogen) atoms. The first-order valence-electron chi connectivity index (χ1n) is 7.90. The van der Waals surface area contributed by atoms with Gasteiger partial charge in [0.15, 0.2) is 5.69 Å². The van der Waals surface area contributed by atoms with E-state index in [9.17, 15) is 9.59 Å². The number of amides is 2. The Labute approximate surface area is 140 Å². The Morgan fingerprint density at radius 2 is 1.96 bits per heavy atom. The summed E-state index contributed by atoms with van der Waals surface area (Å²) in [7, 11) is 1.64. The van der Waals surface area contributed by atoms with Crippen LogP contribution in [0.4, 0.5) is 0 Å². The van der Waals surface area contributed by atoms with E-state index in [1.54, 1.807) is 7.11 Å². The molecule has 0 radical (unpaired) electrons. The second-order valence-electron chi connectivity index (χ2n) is 5.22. The molecule has 130 valence electrons. The van der Waals surface area contributed by atoms with Gasteiger partial charge >= 0.3 is 0 Å². The molecular formula is C16H23N5O3. The van der Waals surface area contributed by atoms with Gasteiger partial charge in [-0.2, -0.15) is 5.10 Å². The van der Waals surface area contributed by atoms with Crippen LogP contribution in [0.3, 0.4) is 0 Å². The molecule has 1 aromatic heterocycles. The highest BCUT2D eigenvalue weighted by molar-refractivity contribution is 6.04. The first-order chi connectivity index (χ1) is 11.7. The summed E-state index contributed by atoms with van der Waals surface area (Å²) in [5, 5.41) is 16.2. The van der Waals surface area contributed by atoms with Crippen LogP contribution in [0.2, 0.25) is 0 Å². The van der Waals surface area contributed by atoms with Gasteiger partial charge in [-0.25, -0.2) is 0 Å². The molecule has 0 saturated carbocycles. The number of fused-ring (bicyclic) bond motifs is 1. The minimum atomic E-state index is -0.290. The molecule has 0 aliphatic rings. The van der Waals surface area contributed by atoms with Gasteiger partial charge in [-0.05, 0) is 6.07 Å². The minimum absolute atomic E-state index is 0.101. The normalized spacial score (nSPS) is 10.7. The Balaban J connectivity index is 1.65. The lowest BCUT2D eigenvalue weighted by atomic mass is 10.2. The van der Waals surface area contributed by atoms with Crippen molar-refractivity contribution >= 4 is 22.7 Å². The summed E-state index contributed by atoms with van der Waals surface area (Å²) < 4.78 is 4.91. The van der Waals surface area contributed by atoms with E-state index in [1.165, 1.54) is 0 Å². The minimum Gasteiger partial charge on any atom is -0.383 e. The SMILES string of the molecule is COCCNCCNC(=O)CCNC(=O)c1n[nH]c2ccccc12. The Bertz CT molecular complexity index is 671. The third-order valence-electron chi connectivity index (χ3n) is 3.43. The van der Waals surface area contributed by atoms with Crippen molar-refractivity contribution in [3.8, 4) is 0 Å². The number of methoxy groups -OCH3 is 1. The summed E-state index contributed by atoms with van der Waals surface area (Å²) in [5.74, 6) is -0.391. The van der Waals surface area contributed by atoms with Crippen molar-refractivity contribution in [3.63, 3.8) is 0 Å². The number of aromatic nitrogens is 2. The van der Waals surface area contributed by atoms with Crippen molar-refractivity contribution in [1.29, 1.82) is 0 Å². The summed E-state index contributed by atoms with van der Waals surface area (Å²) in [6.45, 7) is 2.88. The first-order valence-corrected chi connectivity index (χ1v) is 7.90. The summed E-state index contributed by atoms with van der Waals surface area (Å²) in [6, 6.07) is 7.41. The maximum Gasteiger partial charge on any atom is 0.272 e. The Hall–Kier alpha value is -2.45. The standard InChI is InChI=1S/C16H23N5O3/c1-24-11-10-17-8-9-18-14(22)6-7-19-16(23)15-12-4-2-3-5-13(12)20-21-15/h2-5,17H,6-11H2,1H3,(H,18,22)(H,19,23)(H,20,21). The third-order valence-corrected chi connectivity index (χ3v) is 3.43. The molecule has 0 atom stereocenters. The lowest BCUT2D eigenvalue weighted by Gasteiger charge is -2.07. The predicted octanol–water partition coefficient (Wildman–Crippen LogP) is 0.0350. The molecule has 1 aromatic carbocycles. The second-order valence-corrected chi connectivity index (χ2v) is 5.22. The lowest BCUT2D eigenvalue weighted by Crippen LogP contribution is -2.35. The number of hydrogen-bond donors (Lipinski definition) is 4. The number of hydrogen-bond acceptors (Lipinski definition) is 5. The van der Waals surface area contributed by atoms with Crippen LogP contribution in [0.5, 0.6) is 0 Å². The number of H-pyrrole nitrogens is 1. The van der Waals surface area contributed by atoms with Crippen LogP contribution in [0.1, 0.15) is 16.9 Å². The molecule has 0 aliphatic heterocycles. The van der Waals surface area contributed by atoms with Gasteiger partial charge in [-0.3, -0.25) is 14.7 Å². The Morgan fingerprint density at radius 3 is 2.79 bits per heavy atom. The van der Waals surface area contributed by atoms with Crippen molar-refractivity contribution in [1.82, 2.24) is 26.1 Å². The van der Waals surface area contributed by atoms with E-state index in [2.05, 4.69) is 26.1 Å². The maximum absolute atomic E-state index is 12.1. The average molecular weight is 333 g/mol. The van der Waals surface area contributed by atoms with Crippen molar-refractivity contribution in [2.75, 3.05) is 39.9 Å². The molecule has 0 saturated heterocycles. The Kier molecular flexibility index (Phi) is 7.19. The van der Waals surface area contributed by atoms with Crippen LogP contribution in [0.25, 0.3) is 10.9 Å². The zero-order valence-electron chi connectivity index (χ0n) is 13.7. The van der Waals surface area contributed by atoms with Crippen molar-refractivity contribution < 1.29 is 14.3 Å². The van der Waals surface area contributed by atoms with E-state index in [0.717, 1.165) is 17.4 Å².